The first kappa shape index (κ1) is 15.3. The highest BCUT2D eigenvalue weighted by molar-refractivity contribution is 9.10. The Morgan fingerprint density at radius 1 is 1.55 bits per heavy atom. The molecule has 0 fully saturated rings. The molecule has 0 saturated carbocycles. The lowest BCUT2D eigenvalue weighted by atomic mass is 10.1. The molecule has 0 aliphatic heterocycles. The monoisotopic (exact) mass is 356 g/mol. The van der Waals surface area contributed by atoms with Gasteiger partial charge in [-0.3, -0.25) is 4.57 Å². The van der Waals surface area contributed by atoms with Gasteiger partial charge in [-0.25, -0.2) is 9.89 Å². The minimum Gasteiger partial charge on any atom is -0.327 e. The minimum atomic E-state index is -0.214. The summed E-state index contributed by atoms with van der Waals surface area (Å²) < 4.78 is 2.49. The molecular weight excluding hydrogens is 340 g/mol. The predicted octanol–water partition coefficient (Wildman–Crippen LogP) is 2.30. The van der Waals surface area contributed by atoms with Crippen molar-refractivity contribution in [3.05, 3.63) is 38.7 Å². The van der Waals surface area contributed by atoms with Crippen molar-refractivity contribution in [3.8, 4) is 0 Å². The molecule has 1 unspecified atom stereocenters. The Kier molecular flexibility index (Phi) is 5.06. The number of H-pyrrole nitrogens is 1. The lowest BCUT2D eigenvalue weighted by Crippen LogP contribution is -2.21. The molecule has 7 heteroatoms. The molecule has 1 heterocycles. The zero-order chi connectivity index (χ0) is 14.7. The molecule has 0 amide bonds. The third kappa shape index (κ3) is 3.53. The molecular formula is C13H17BrN4OS. The van der Waals surface area contributed by atoms with Crippen LogP contribution >= 0.6 is 27.7 Å². The molecule has 0 radical (unpaired) electrons. The second kappa shape index (κ2) is 6.60. The van der Waals surface area contributed by atoms with Gasteiger partial charge in [0.05, 0.1) is 0 Å². The number of aromatic nitrogens is 3. The number of nitrogens with zero attached hydrogens (tertiary/aromatic N) is 2. The number of aromatic amines is 1. The summed E-state index contributed by atoms with van der Waals surface area (Å²) in [5.41, 5.74) is 7.00. The maximum Gasteiger partial charge on any atom is 0.343 e. The van der Waals surface area contributed by atoms with Crippen LogP contribution in [-0.4, -0.2) is 20.8 Å². The zero-order valence-corrected chi connectivity index (χ0v) is 13.8. The second-order valence-corrected chi connectivity index (χ2v) is 6.52. The Labute approximate surface area is 130 Å². The average molecular weight is 357 g/mol. The van der Waals surface area contributed by atoms with Gasteiger partial charge in [-0.15, -0.1) is 5.10 Å². The van der Waals surface area contributed by atoms with Gasteiger partial charge in [0, 0.05) is 22.5 Å². The molecule has 0 aliphatic rings. The van der Waals surface area contributed by atoms with Crippen LogP contribution in [0.2, 0.25) is 0 Å². The van der Waals surface area contributed by atoms with Gasteiger partial charge in [0.15, 0.2) is 5.16 Å². The Morgan fingerprint density at radius 3 is 2.90 bits per heavy atom. The van der Waals surface area contributed by atoms with Gasteiger partial charge in [-0.1, -0.05) is 28.9 Å². The van der Waals surface area contributed by atoms with Crippen molar-refractivity contribution >= 4 is 27.7 Å². The van der Waals surface area contributed by atoms with Crippen LogP contribution in [0.5, 0.6) is 0 Å². The third-order valence-electron chi connectivity index (χ3n) is 3.08. The molecule has 1 aromatic heterocycles. The molecule has 0 bridgehead atoms. The molecule has 5 nitrogen and oxygen atoms in total. The summed E-state index contributed by atoms with van der Waals surface area (Å²) in [7, 11) is 1.70. The number of hydrogen-bond donors (Lipinski definition) is 2. The van der Waals surface area contributed by atoms with Gasteiger partial charge < -0.3 is 5.73 Å². The third-order valence-corrected chi connectivity index (χ3v) is 4.72. The van der Waals surface area contributed by atoms with Crippen molar-refractivity contribution in [1.82, 2.24) is 14.8 Å². The second-order valence-electron chi connectivity index (χ2n) is 4.60. The van der Waals surface area contributed by atoms with E-state index in [0.717, 1.165) is 22.2 Å². The predicted molar refractivity (Wildman–Crippen MR) is 84.1 cm³/mol. The standard InChI is InChI=1S/C13H17BrN4OS/c1-3-10(15)6-8-4-5-9(14)7-11(8)20-13-17-16-12(19)18(13)2/h4-5,7,10H,3,6,15H2,1-2H3,(H,16,19). The van der Waals surface area contributed by atoms with Crippen LogP contribution in [0.3, 0.4) is 0 Å². The van der Waals surface area contributed by atoms with E-state index in [1.54, 1.807) is 7.05 Å². The Morgan fingerprint density at radius 2 is 2.30 bits per heavy atom. The van der Waals surface area contributed by atoms with E-state index < -0.39 is 0 Å². The normalized spacial score (nSPS) is 12.6. The van der Waals surface area contributed by atoms with Gasteiger partial charge >= 0.3 is 5.69 Å². The summed E-state index contributed by atoms with van der Waals surface area (Å²) in [6.45, 7) is 2.08. The Hall–Kier alpha value is -1.05. The fraction of sp³-hybridized carbons (Fsp3) is 0.385. The van der Waals surface area contributed by atoms with E-state index in [2.05, 4.69) is 39.1 Å². The smallest absolute Gasteiger partial charge is 0.327 e. The summed E-state index contributed by atoms with van der Waals surface area (Å²) in [4.78, 5) is 12.5. The lowest BCUT2D eigenvalue weighted by Gasteiger charge is -2.13. The molecule has 0 aliphatic carbocycles. The topological polar surface area (TPSA) is 76.7 Å². The van der Waals surface area contributed by atoms with Crippen molar-refractivity contribution < 1.29 is 0 Å². The van der Waals surface area contributed by atoms with Crippen molar-refractivity contribution in [2.75, 3.05) is 0 Å². The highest BCUT2D eigenvalue weighted by Gasteiger charge is 2.12. The van der Waals surface area contributed by atoms with Crippen LogP contribution in [0.25, 0.3) is 0 Å². The SMILES string of the molecule is CCC(N)Cc1ccc(Br)cc1Sc1n[nH]c(=O)n1C. The summed E-state index contributed by atoms with van der Waals surface area (Å²) in [6, 6.07) is 6.23. The van der Waals surface area contributed by atoms with Gasteiger partial charge in [0.2, 0.25) is 0 Å². The Balaban J connectivity index is 2.32. The molecule has 1 atom stereocenters. The molecule has 3 N–H and O–H groups in total. The van der Waals surface area contributed by atoms with Crippen molar-refractivity contribution in [2.45, 2.75) is 35.9 Å². The molecule has 0 saturated heterocycles. The summed E-state index contributed by atoms with van der Waals surface area (Å²) in [5.74, 6) is 0. The molecule has 0 spiro atoms. The number of hydrogen-bond acceptors (Lipinski definition) is 4. The lowest BCUT2D eigenvalue weighted by molar-refractivity contribution is 0.641. The molecule has 2 rings (SSSR count). The largest absolute Gasteiger partial charge is 0.343 e. The minimum absolute atomic E-state index is 0.138. The van der Waals surface area contributed by atoms with Crippen LogP contribution in [0.4, 0.5) is 0 Å². The van der Waals surface area contributed by atoms with E-state index in [4.69, 9.17) is 5.73 Å². The molecule has 1 aromatic carbocycles. The maximum absolute atomic E-state index is 11.4. The van der Waals surface area contributed by atoms with Crippen LogP contribution in [0.15, 0.2) is 37.5 Å². The van der Waals surface area contributed by atoms with E-state index in [0.29, 0.717) is 5.16 Å². The first-order chi connectivity index (χ1) is 9.51. The van der Waals surface area contributed by atoms with Crippen LogP contribution in [0.1, 0.15) is 18.9 Å². The average Bonchev–Trinajstić information content (AvgIpc) is 2.73. The highest BCUT2D eigenvalue weighted by atomic mass is 79.9. The Bertz CT molecular complexity index is 652. The van der Waals surface area contributed by atoms with Crippen molar-refractivity contribution in [2.24, 2.45) is 12.8 Å². The molecule has 2 aromatic rings. The molecule has 108 valence electrons. The van der Waals surface area contributed by atoms with Gasteiger partial charge in [0.25, 0.3) is 0 Å². The number of benzene rings is 1. The summed E-state index contributed by atoms with van der Waals surface area (Å²) in [5, 5.41) is 7.10. The van der Waals surface area contributed by atoms with Crippen LogP contribution in [-0.2, 0) is 13.5 Å². The zero-order valence-electron chi connectivity index (χ0n) is 11.4. The van der Waals surface area contributed by atoms with Gasteiger partial charge in [-0.2, -0.15) is 0 Å². The van der Waals surface area contributed by atoms with E-state index >= 15 is 0 Å². The van der Waals surface area contributed by atoms with Gasteiger partial charge in [-0.05, 0) is 42.3 Å². The van der Waals surface area contributed by atoms with Crippen LogP contribution in [0, 0.1) is 0 Å². The molecule has 20 heavy (non-hydrogen) atoms. The highest BCUT2D eigenvalue weighted by Crippen LogP contribution is 2.31. The first-order valence-electron chi connectivity index (χ1n) is 6.34. The fourth-order valence-corrected chi connectivity index (χ4v) is 3.23. The van der Waals surface area contributed by atoms with E-state index in [9.17, 15) is 4.79 Å². The maximum atomic E-state index is 11.4. The van der Waals surface area contributed by atoms with Gasteiger partial charge in [0.1, 0.15) is 0 Å². The first-order valence-corrected chi connectivity index (χ1v) is 7.95. The summed E-state index contributed by atoms with van der Waals surface area (Å²) in [6.07, 6.45) is 1.74. The fourth-order valence-electron chi connectivity index (χ4n) is 1.74. The number of rotatable bonds is 5. The van der Waals surface area contributed by atoms with E-state index in [1.165, 1.54) is 21.9 Å². The van der Waals surface area contributed by atoms with Crippen LogP contribution < -0.4 is 11.4 Å². The van der Waals surface area contributed by atoms with E-state index in [1.807, 2.05) is 12.1 Å². The quantitative estimate of drug-likeness (QED) is 0.861. The van der Waals surface area contributed by atoms with Crippen molar-refractivity contribution in [3.63, 3.8) is 0 Å². The number of nitrogens with one attached hydrogen (secondary N) is 1. The van der Waals surface area contributed by atoms with E-state index in [-0.39, 0.29) is 11.7 Å². The number of nitrogens with two attached hydrogens (primary N) is 1. The number of halogens is 1. The summed E-state index contributed by atoms with van der Waals surface area (Å²) >= 11 is 4.94. The van der Waals surface area contributed by atoms with Crippen molar-refractivity contribution in [1.29, 1.82) is 0 Å².